The Morgan fingerprint density at radius 2 is 1.71 bits per heavy atom. The molecule has 6 heteroatoms. The predicted molar refractivity (Wildman–Crippen MR) is 123 cm³/mol. The molecule has 4 aromatic heterocycles. The van der Waals surface area contributed by atoms with Crippen molar-refractivity contribution < 1.29 is 0 Å². The lowest BCUT2D eigenvalue weighted by molar-refractivity contribution is 1.06. The monoisotopic (exact) mass is 406 g/mol. The molecule has 0 unspecified atom stereocenters. The number of imidazole rings is 1. The van der Waals surface area contributed by atoms with Crippen molar-refractivity contribution in [3.05, 3.63) is 96.3 Å². The van der Waals surface area contributed by atoms with Crippen LogP contribution in [0, 0.1) is 13.8 Å². The quantitative estimate of drug-likeness (QED) is 0.441. The Kier molecular flexibility index (Phi) is 4.88. The number of nitrogens with one attached hydrogen (secondary N) is 1. The van der Waals surface area contributed by atoms with Crippen LogP contribution in [0.2, 0.25) is 0 Å². The molecule has 31 heavy (non-hydrogen) atoms. The predicted octanol–water partition coefficient (Wildman–Crippen LogP) is 5.08. The molecule has 0 aliphatic carbocycles. The van der Waals surface area contributed by atoms with Crippen LogP contribution in [0.1, 0.15) is 16.8 Å². The highest BCUT2D eigenvalue weighted by molar-refractivity contribution is 5.72. The van der Waals surface area contributed by atoms with E-state index in [1.807, 2.05) is 56.0 Å². The molecule has 0 bridgehead atoms. The minimum Gasteiger partial charge on any atom is -0.364 e. The molecule has 152 valence electrons. The van der Waals surface area contributed by atoms with Crippen LogP contribution in [0.5, 0.6) is 0 Å². The standard InChI is InChI=1S/C25H22N6/c1-17-12-19(14-28-23(17)21-8-9-26-18(2)13-21)15-29-24-22-16-30-25(31(22)11-10-27-24)20-6-4-3-5-7-20/h3-14,16H,15H2,1-2H3,(H,27,29). The SMILES string of the molecule is Cc1cc(-c2ncc(CNc3nccn4c(-c5ccccc5)ncc34)cc2C)ccn1. The fourth-order valence-electron chi connectivity index (χ4n) is 3.78. The largest absolute Gasteiger partial charge is 0.364 e. The number of hydrogen-bond acceptors (Lipinski definition) is 5. The third kappa shape index (κ3) is 3.75. The van der Waals surface area contributed by atoms with Gasteiger partial charge in [-0.05, 0) is 37.1 Å². The van der Waals surface area contributed by atoms with Gasteiger partial charge in [-0.15, -0.1) is 0 Å². The molecule has 5 rings (SSSR count). The van der Waals surface area contributed by atoms with Crippen molar-refractivity contribution in [3.63, 3.8) is 0 Å². The minimum absolute atomic E-state index is 0.627. The van der Waals surface area contributed by atoms with Gasteiger partial charge in [-0.25, -0.2) is 9.97 Å². The van der Waals surface area contributed by atoms with Gasteiger partial charge in [-0.1, -0.05) is 36.4 Å². The minimum atomic E-state index is 0.627. The average Bonchev–Trinajstić information content (AvgIpc) is 3.23. The van der Waals surface area contributed by atoms with Crippen molar-refractivity contribution in [3.8, 4) is 22.6 Å². The number of pyridine rings is 2. The summed E-state index contributed by atoms with van der Waals surface area (Å²) in [6, 6.07) is 16.4. The Morgan fingerprint density at radius 1 is 0.839 bits per heavy atom. The first-order chi connectivity index (χ1) is 15.2. The van der Waals surface area contributed by atoms with Crippen LogP contribution in [0.3, 0.4) is 0 Å². The van der Waals surface area contributed by atoms with Crippen LogP contribution in [0.25, 0.3) is 28.2 Å². The highest BCUT2D eigenvalue weighted by Gasteiger charge is 2.11. The second-order valence-corrected chi connectivity index (χ2v) is 7.53. The summed E-state index contributed by atoms with van der Waals surface area (Å²) in [4.78, 5) is 18.1. The first-order valence-corrected chi connectivity index (χ1v) is 10.2. The van der Waals surface area contributed by atoms with Gasteiger partial charge >= 0.3 is 0 Å². The number of anilines is 1. The molecule has 5 aromatic rings. The van der Waals surface area contributed by atoms with E-state index >= 15 is 0 Å². The van der Waals surface area contributed by atoms with E-state index in [1.165, 1.54) is 0 Å². The first-order valence-electron chi connectivity index (χ1n) is 10.2. The second kappa shape index (κ2) is 7.99. The molecule has 4 heterocycles. The maximum Gasteiger partial charge on any atom is 0.152 e. The maximum absolute atomic E-state index is 4.70. The van der Waals surface area contributed by atoms with Gasteiger partial charge in [-0.2, -0.15) is 0 Å². The Labute approximate surface area is 180 Å². The molecular formula is C25H22N6. The van der Waals surface area contributed by atoms with Gasteiger partial charge < -0.3 is 5.32 Å². The molecular weight excluding hydrogens is 384 g/mol. The molecule has 0 amide bonds. The van der Waals surface area contributed by atoms with Gasteiger partial charge in [-0.3, -0.25) is 14.4 Å². The van der Waals surface area contributed by atoms with Crippen molar-refractivity contribution in [1.82, 2.24) is 24.3 Å². The molecule has 0 atom stereocenters. The van der Waals surface area contributed by atoms with Crippen molar-refractivity contribution in [2.45, 2.75) is 20.4 Å². The molecule has 1 aromatic carbocycles. The second-order valence-electron chi connectivity index (χ2n) is 7.53. The zero-order valence-electron chi connectivity index (χ0n) is 17.4. The number of aromatic nitrogens is 5. The summed E-state index contributed by atoms with van der Waals surface area (Å²) in [7, 11) is 0. The van der Waals surface area contributed by atoms with Gasteiger partial charge in [0.15, 0.2) is 5.82 Å². The normalized spacial score (nSPS) is 11.0. The van der Waals surface area contributed by atoms with Crippen LogP contribution in [-0.2, 0) is 6.54 Å². The topological polar surface area (TPSA) is 68.0 Å². The van der Waals surface area contributed by atoms with E-state index in [2.05, 4.69) is 55.9 Å². The Bertz CT molecular complexity index is 1360. The number of nitrogens with zero attached hydrogens (tertiary/aromatic N) is 5. The zero-order chi connectivity index (χ0) is 21.2. The van der Waals surface area contributed by atoms with E-state index < -0.39 is 0 Å². The average molecular weight is 406 g/mol. The molecule has 6 nitrogen and oxygen atoms in total. The Morgan fingerprint density at radius 3 is 2.52 bits per heavy atom. The molecule has 0 aliphatic heterocycles. The fraction of sp³-hybridized carbons (Fsp3) is 0.120. The molecule has 1 N–H and O–H groups in total. The van der Waals surface area contributed by atoms with E-state index in [4.69, 9.17) is 4.98 Å². The number of rotatable bonds is 5. The van der Waals surface area contributed by atoms with E-state index in [-0.39, 0.29) is 0 Å². The highest BCUT2D eigenvalue weighted by atomic mass is 15.1. The van der Waals surface area contributed by atoms with Crippen LogP contribution >= 0.6 is 0 Å². The van der Waals surface area contributed by atoms with Gasteiger partial charge in [0.2, 0.25) is 0 Å². The van der Waals surface area contributed by atoms with Crippen LogP contribution in [0.4, 0.5) is 5.82 Å². The molecule has 0 spiro atoms. The van der Waals surface area contributed by atoms with Gasteiger partial charge in [0.05, 0.1) is 11.9 Å². The molecule has 0 saturated carbocycles. The summed E-state index contributed by atoms with van der Waals surface area (Å²) in [6.07, 6.45) is 9.32. The van der Waals surface area contributed by atoms with Gasteiger partial charge in [0.1, 0.15) is 11.3 Å². The zero-order valence-corrected chi connectivity index (χ0v) is 17.4. The summed E-state index contributed by atoms with van der Waals surface area (Å²) >= 11 is 0. The third-order valence-corrected chi connectivity index (χ3v) is 5.26. The number of fused-ring (bicyclic) bond motifs is 1. The lowest BCUT2D eigenvalue weighted by Gasteiger charge is -2.11. The van der Waals surface area contributed by atoms with Crippen molar-refractivity contribution >= 4 is 11.3 Å². The van der Waals surface area contributed by atoms with E-state index in [0.717, 1.165) is 50.8 Å². The molecule has 0 aliphatic rings. The number of hydrogen-bond donors (Lipinski definition) is 1. The third-order valence-electron chi connectivity index (χ3n) is 5.26. The van der Waals surface area contributed by atoms with Crippen molar-refractivity contribution in [2.75, 3.05) is 5.32 Å². The fourth-order valence-corrected chi connectivity index (χ4v) is 3.78. The summed E-state index contributed by atoms with van der Waals surface area (Å²) in [5, 5.41) is 3.44. The molecule has 0 radical (unpaired) electrons. The van der Waals surface area contributed by atoms with E-state index in [0.29, 0.717) is 6.54 Å². The van der Waals surface area contributed by atoms with Gasteiger partial charge in [0, 0.05) is 48.2 Å². The van der Waals surface area contributed by atoms with Crippen LogP contribution in [-0.4, -0.2) is 24.3 Å². The summed E-state index contributed by atoms with van der Waals surface area (Å²) in [6.45, 7) is 4.70. The summed E-state index contributed by atoms with van der Waals surface area (Å²) < 4.78 is 2.06. The summed E-state index contributed by atoms with van der Waals surface area (Å²) in [5.74, 6) is 1.69. The van der Waals surface area contributed by atoms with E-state index in [1.54, 1.807) is 6.20 Å². The number of benzene rings is 1. The van der Waals surface area contributed by atoms with Crippen LogP contribution in [0.15, 0.2) is 79.5 Å². The Hall–Kier alpha value is -4.06. The highest BCUT2D eigenvalue weighted by Crippen LogP contribution is 2.24. The number of aryl methyl sites for hydroxylation is 2. The molecule has 0 saturated heterocycles. The van der Waals surface area contributed by atoms with Crippen molar-refractivity contribution in [1.29, 1.82) is 0 Å². The lowest BCUT2D eigenvalue weighted by Crippen LogP contribution is -2.04. The maximum atomic E-state index is 4.70. The lowest BCUT2D eigenvalue weighted by atomic mass is 10.1. The smallest absolute Gasteiger partial charge is 0.152 e. The van der Waals surface area contributed by atoms with Gasteiger partial charge in [0.25, 0.3) is 0 Å². The Balaban J connectivity index is 1.39. The van der Waals surface area contributed by atoms with Crippen LogP contribution < -0.4 is 5.32 Å². The first kappa shape index (κ1) is 18.9. The van der Waals surface area contributed by atoms with E-state index in [9.17, 15) is 0 Å². The summed E-state index contributed by atoms with van der Waals surface area (Å²) in [5.41, 5.74) is 7.29. The van der Waals surface area contributed by atoms with Crippen molar-refractivity contribution in [2.24, 2.45) is 0 Å². The molecule has 0 fully saturated rings.